The zero-order valence-corrected chi connectivity index (χ0v) is 14.2. The van der Waals surface area contributed by atoms with Crippen molar-refractivity contribution >= 4 is 16.5 Å². The van der Waals surface area contributed by atoms with Crippen LogP contribution in [-0.2, 0) is 11.3 Å². The highest BCUT2D eigenvalue weighted by molar-refractivity contribution is 7.15. The Labute approximate surface area is 131 Å². The molecule has 1 N–H and O–H groups in total. The number of ether oxygens (including phenoxy) is 1. The van der Waals surface area contributed by atoms with Gasteiger partial charge in [0.2, 0.25) is 0 Å². The zero-order chi connectivity index (χ0) is 14.8. The minimum Gasteiger partial charge on any atom is -0.377 e. The molecule has 0 aromatic carbocycles. The molecular formula is C16H27N3OS. The van der Waals surface area contributed by atoms with Crippen molar-refractivity contribution in [2.24, 2.45) is 5.92 Å². The maximum Gasteiger partial charge on any atom is 0.186 e. The van der Waals surface area contributed by atoms with Gasteiger partial charge >= 0.3 is 0 Å². The Bertz CT molecular complexity index is 470. The molecule has 4 nitrogen and oxygen atoms in total. The van der Waals surface area contributed by atoms with Crippen LogP contribution in [0, 0.1) is 5.92 Å². The number of thiazole rings is 1. The minimum atomic E-state index is 0.438. The van der Waals surface area contributed by atoms with Gasteiger partial charge in [0, 0.05) is 23.9 Å². The van der Waals surface area contributed by atoms with Crippen molar-refractivity contribution in [1.29, 1.82) is 0 Å². The Balaban J connectivity index is 1.72. The summed E-state index contributed by atoms with van der Waals surface area (Å²) in [7, 11) is 0. The SMILES string of the molecule is CC(C)CNCc1sc(N2CCOCC2C)nc1C1CC1. The Morgan fingerprint density at radius 1 is 1.43 bits per heavy atom. The van der Waals surface area contributed by atoms with Crippen molar-refractivity contribution in [2.45, 2.75) is 52.1 Å². The summed E-state index contributed by atoms with van der Waals surface area (Å²) in [6.07, 6.45) is 2.64. The first-order valence-electron chi connectivity index (χ1n) is 8.20. The summed E-state index contributed by atoms with van der Waals surface area (Å²) in [4.78, 5) is 8.87. The van der Waals surface area contributed by atoms with Crippen LogP contribution in [0.1, 0.15) is 50.1 Å². The molecule has 5 heteroatoms. The highest BCUT2D eigenvalue weighted by Crippen LogP contribution is 2.44. The van der Waals surface area contributed by atoms with Crippen molar-refractivity contribution < 1.29 is 4.74 Å². The highest BCUT2D eigenvalue weighted by atomic mass is 32.1. The van der Waals surface area contributed by atoms with Gasteiger partial charge in [-0.25, -0.2) is 4.98 Å². The average Bonchev–Trinajstić information content (AvgIpc) is 3.21. The zero-order valence-electron chi connectivity index (χ0n) is 13.4. The van der Waals surface area contributed by atoms with E-state index in [2.05, 4.69) is 31.0 Å². The standard InChI is InChI=1S/C16H27N3OS/c1-11(2)8-17-9-14-15(13-4-5-13)18-16(21-14)19-6-7-20-10-12(19)3/h11-13,17H,4-10H2,1-3H3. The molecular weight excluding hydrogens is 282 g/mol. The van der Waals surface area contributed by atoms with Gasteiger partial charge in [-0.2, -0.15) is 0 Å². The molecule has 0 bridgehead atoms. The molecule has 1 saturated heterocycles. The smallest absolute Gasteiger partial charge is 0.186 e. The number of hydrogen-bond acceptors (Lipinski definition) is 5. The van der Waals surface area contributed by atoms with Crippen LogP contribution in [0.15, 0.2) is 0 Å². The fourth-order valence-corrected chi connectivity index (χ4v) is 4.01. The molecule has 0 radical (unpaired) electrons. The van der Waals surface area contributed by atoms with Crippen molar-refractivity contribution in [3.63, 3.8) is 0 Å². The number of aromatic nitrogens is 1. The first kappa shape index (κ1) is 15.3. The Hall–Kier alpha value is -0.650. The van der Waals surface area contributed by atoms with Crippen LogP contribution < -0.4 is 10.2 Å². The van der Waals surface area contributed by atoms with Crippen molar-refractivity contribution in [1.82, 2.24) is 10.3 Å². The quantitative estimate of drug-likeness (QED) is 0.876. The predicted octanol–water partition coefficient (Wildman–Crippen LogP) is 2.99. The number of rotatable bonds is 6. The molecule has 1 unspecified atom stereocenters. The van der Waals surface area contributed by atoms with E-state index in [1.54, 1.807) is 0 Å². The number of nitrogens with one attached hydrogen (secondary N) is 1. The molecule has 1 aromatic heterocycles. The monoisotopic (exact) mass is 309 g/mol. The minimum absolute atomic E-state index is 0.438. The molecule has 1 aliphatic heterocycles. The maximum absolute atomic E-state index is 5.54. The van der Waals surface area contributed by atoms with Crippen LogP contribution in [0.5, 0.6) is 0 Å². The molecule has 1 aromatic rings. The van der Waals surface area contributed by atoms with Crippen molar-refractivity contribution in [3.05, 3.63) is 10.6 Å². The predicted molar refractivity (Wildman–Crippen MR) is 88.3 cm³/mol. The van der Waals surface area contributed by atoms with Crippen LogP contribution in [0.4, 0.5) is 5.13 Å². The molecule has 1 saturated carbocycles. The second-order valence-electron chi connectivity index (χ2n) is 6.72. The molecule has 0 amide bonds. The van der Waals surface area contributed by atoms with E-state index in [9.17, 15) is 0 Å². The van der Waals surface area contributed by atoms with E-state index in [1.165, 1.54) is 28.5 Å². The molecule has 3 rings (SSSR count). The third-order valence-electron chi connectivity index (χ3n) is 4.13. The van der Waals surface area contributed by atoms with Gasteiger partial charge < -0.3 is 15.0 Å². The van der Waals surface area contributed by atoms with E-state index in [0.29, 0.717) is 12.0 Å². The lowest BCUT2D eigenvalue weighted by atomic mass is 10.2. The molecule has 0 spiro atoms. The fraction of sp³-hybridized carbons (Fsp3) is 0.812. The Morgan fingerprint density at radius 3 is 2.90 bits per heavy atom. The lowest BCUT2D eigenvalue weighted by Gasteiger charge is -2.32. The van der Waals surface area contributed by atoms with Crippen LogP contribution in [0.3, 0.4) is 0 Å². The Kier molecular flexibility index (Phi) is 4.82. The van der Waals surface area contributed by atoms with Crippen LogP contribution in [0.25, 0.3) is 0 Å². The molecule has 1 atom stereocenters. The summed E-state index contributed by atoms with van der Waals surface area (Å²) in [6, 6.07) is 0.438. The maximum atomic E-state index is 5.54. The van der Waals surface area contributed by atoms with Crippen LogP contribution >= 0.6 is 11.3 Å². The summed E-state index contributed by atoms with van der Waals surface area (Å²) in [6.45, 7) is 11.4. The Morgan fingerprint density at radius 2 is 2.24 bits per heavy atom. The largest absolute Gasteiger partial charge is 0.377 e. The molecule has 2 fully saturated rings. The topological polar surface area (TPSA) is 37.4 Å². The van der Waals surface area contributed by atoms with Gasteiger partial charge in [-0.3, -0.25) is 0 Å². The summed E-state index contributed by atoms with van der Waals surface area (Å²) in [5.74, 6) is 1.42. The summed E-state index contributed by atoms with van der Waals surface area (Å²) in [5, 5.41) is 4.78. The van der Waals surface area contributed by atoms with E-state index >= 15 is 0 Å². The van der Waals surface area contributed by atoms with Gasteiger partial charge in [-0.15, -0.1) is 11.3 Å². The molecule has 1 aliphatic carbocycles. The van der Waals surface area contributed by atoms with E-state index in [0.717, 1.165) is 38.8 Å². The van der Waals surface area contributed by atoms with Gasteiger partial charge in [0.25, 0.3) is 0 Å². The van der Waals surface area contributed by atoms with E-state index in [1.807, 2.05) is 11.3 Å². The summed E-state index contributed by atoms with van der Waals surface area (Å²) in [5.41, 5.74) is 1.37. The summed E-state index contributed by atoms with van der Waals surface area (Å²) >= 11 is 1.89. The first-order valence-corrected chi connectivity index (χ1v) is 9.01. The number of morpholine rings is 1. The molecule has 2 aliphatic rings. The average molecular weight is 309 g/mol. The fourth-order valence-electron chi connectivity index (χ4n) is 2.76. The van der Waals surface area contributed by atoms with Gasteiger partial charge in [-0.05, 0) is 32.2 Å². The number of nitrogens with zero attached hydrogens (tertiary/aromatic N) is 2. The van der Waals surface area contributed by atoms with Crippen molar-refractivity contribution in [3.8, 4) is 0 Å². The second kappa shape index (κ2) is 6.63. The van der Waals surface area contributed by atoms with Crippen LogP contribution in [0.2, 0.25) is 0 Å². The molecule has 21 heavy (non-hydrogen) atoms. The highest BCUT2D eigenvalue weighted by Gasteiger charge is 2.31. The number of hydrogen-bond donors (Lipinski definition) is 1. The van der Waals surface area contributed by atoms with E-state index in [-0.39, 0.29) is 0 Å². The normalized spacial score (nSPS) is 23.0. The van der Waals surface area contributed by atoms with Crippen LogP contribution in [-0.4, -0.2) is 37.3 Å². The van der Waals surface area contributed by atoms with Crippen molar-refractivity contribution in [2.75, 3.05) is 31.2 Å². The van der Waals surface area contributed by atoms with E-state index in [4.69, 9.17) is 9.72 Å². The third kappa shape index (κ3) is 3.76. The third-order valence-corrected chi connectivity index (χ3v) is 5.24. The molecule has 118 valence electrons. The van der Waals surface area contributed by atoms with Gasteiger partial charge in [0.1, 0.15) is 0 Å². The number of anilines is 1. The second-order valence-corrected chi connectivity index (χ2v) is 7.78. The lowest BCUT2D eigenvalue weighted by molar-refractivity contribution is 0.0989. The van der Waals surface area contributed by atoms with E-state index < -0.39 is 0 Å². The summed E-state index contributed by atoms with van der Waals surface area (Å²) < 4.78 is 5.54. The van der Waals surface area contributed by atoms with Gasteiger partial charge in [0.15, 0.2) is 5.13 Å². The van der Waals surface area contributed by atoms with Gasteiger partial charge in [-0.1, -0.05) is 13.8 Å². The van der Waals surface area contributed by atoms with Gasteiger partial charge in [0.05, 0.1) is 24.9 Å². The lowest BCUT2D eigenvalue weighted by Crippen LogP contribution is -2.43. The molecule has 2 heterocycles. The first-order chi connectivity index (χ1) is 10.1.